The van der Waals surface area contributed by atoms with E-state index in [1.807, 2.05) is 6.26 Å². The van der Waals surface area contributed by atoms with E-state index < -0.39 is 24.0 Å². The fraction of sp³-hybridized carbons (Fsp3) is 0.600. The molecule has 2 amide bonds. The molecule has 0 saturated heterocycles. The van der Waals surface area contributed by atoms with Gasteiger partial charge in [-0.2, -0.15) is 21.4 Å². The third-order valence-corrected chi connectivity index (χ3v) is 2.45. The van der Waals surface area contributed by atoms with E-state index in [9.17, 15) is 14.4 Å². The Bertz CT molecular complexity index is 356. The topological polar surface area (TPSA) is 150 Å². The summed E-state index contributed by atoms with van der Waals surface area (Å²) in [5.41, 5.74) is 0. The lowest BCUT2D eigenvalue weighted by Gasteiger charge is -2.13. The van der Waals surface area contributed by atoms with Crippen LogP contribution in [0.5, 0.6) is 0 Å². The molecule has 0 aromatic heterocycles. The van der Waals surface area contributed by atoms with Crippen LogP contribution in [0.4, 0.5) is 4.79 Å². The van der Waals surface area contributed by atoms with Crippen molar-refractivity contribution in [3.05, 3.63) is 0 Å². The van der Waals surface area contributed by atoms with Crippen LogP contribution in [0.3, 0.4) is 0 Å². The summed E-state index contributed by atoms with van der Waals surface area (Å²) in [6.07, 6.45) is 1.69. The number of carbonyl (C=O) groups is 3. The number of carboxylic acid groups (broad SMARTS) is 2. The number of urea groups is 1. The maximum atomic E-state index is 11.2. The Labute approximate surface area is 119 Å². The molecule has 114 valence electrons. The molecule has 1 atom stereocenters. The second-order valence-electron chi connectivity index (χ2n) is 3.30. The maximum absolute atomic E-state index is 11.2. The lowest BCUT2D eigenvalue weighted by Crippen LogP contribution is -2.46. The van der Waals surface area contributed by atoms with Crippen molar-refractivity contribution in [2.75, 3.05) is 18.6 Å². The summed E-state index contributed by atoms with van der Waals surface area (Å²) in [5.74, 6) is -1.62. The van der Waals surface area contributed by atoms with Gasteiger partial charge < -0.3 is 20.8 Å². The number of rotatable bonds is 8. The van der Waals surface area contributed by atoms with Crippen LogP contribution in [-0.4, -0.2) is 58.9 Å². The van der Waals surface area contributed by atoms with Crippen molar-refractivity contribution in [1.29, 1.82) is 0 Å². The molecular formula is C10H16N2O7S. The van der Waals surface area contributed by atoms with E-state index in [0.29, 0.717) is 6.54 Å². The first-order chi connectivity index (χ1) is 9.38. The molecule has 0 aromatic carbocycles. The smallest absolute Gasteiger partial charge is 0.373 e. The summed E-state index contributed by atoms with van der Waals surface area (Å²) >= 11 is 1.55. The van der Waals surface area contributed by atoms with E-state index in [4.69, 9.17) is 19.8 Å². The normalized spacial score (nSPS) is 10.2. The van der Waals surface area contributed by atoms with Crippen molar-refractivity contribution in [2.24, 2.45) is 0 Å². The van der Waals surface area contributed by atoms with Crippen LogP contribution in [0, 0.1) is 0 Å². The van der Waals surface area contributed by atoms with Gasteiger partial charge in [0.05, 0.1) is 0 Å². The van der Waals surface area contributed by atoms with Gasteiger partial charge in [0, 0.05) is 18.7 Å². The first-order valence-corrected chi connectivity index (χ1v) is 6.75. The molecule has 4 N–H and O–H groups in total. The van der Waals surface area contributed by atoms with Gasteiger partial charge in [0.2, 0.25) is 0 Å². The first-order valence-electron chi connectivity index (χ1n) is 5.36. The summed E-state index contributed by atoms with van der Waals surface area (Å²) in [4.78, 5) is 48.5. The van der Waals surface area contributed by atoms with Crippen LogP contribution in [0.15, 0.2) is 0 Å². The summed E-state index contributed by atoms with van der Waals surface area (Å²) in [6.45, 7) is 0.429. The molecule has 1 unspecified atom stereocenters. The van der Waals surface area contributed by atoms with Gasteiger partial charge in [-0.3, -0.25) is 4.79 Å². The van der Waals surface area contributed by atoms with E-state index >= 15 is 0 Å². The van der Waals surface area contributed by atoms with Gasteiger partial charge in [-0.1, -0.05) is 0 Å². The molecule has 0 fully saturated rings. The van der Waals surface area contributed by atoms with Crippen molar-refractivity contribution >= 4 is 35.9 Å². The maximum Gasteiger partial charge on any atom is 0.373 e. The highest BCUT2D eigenvalue weighted by atomic mass is 32.2. The number of nitrogens with one attached hydrogen (secondary N) is 2. The Morgan fingerprint density at radius 2 is 1.80 bits per heavy atom. The van der Waals surface area contributed by atoms with Gasteiger partial charge >= 0.3 is 24.1 Å². The van der Waals surface area contributed by atoms with Crippen LogP contribution < -0.4 is 10.6 Å². The standard InChI is InChI=1S/C9H16N2O5S.CO2/c1-17-5-4-10-9(16)11-6(8(14)15)2-3-7(12)13;2-1-3/h6H,2-5H2,1H3,(H,12,13)(H,14,15)(H2,10,11,16);. The molecule has 0 radical (unpaired) electrons. The molecule has 0 saturated carbocycles. The average molecular weight is 308 g/mol. The third kappa shape index (κ3) is 14.0. The number of hydrogen-bond acceptors (Lipinski definition) is 6. The average Bonchev–Trinajstić information content (AvgIpc) is 2.35. The number of hydrogen-bond donors (Lipinski definition) is 4. The molecule has 0 aromatic rings. The number of aliphatic carboxylic acids is 2. The molecule has 0 aliphatic heterocycles. The fourth-order valence-electron chi connectivity index (χ4n) is 1.00. The number of carboxylic acids is 2. The Kier molecular flexibility index (Phi) is 13.5. The minimum Gasteiger partial charge on any atom is -0.481 e. The van der Waals surface area contributed by atoms with Crippen LogP contribution >= 0.6 is 11.8 Å². The minimum atomic E-state index is -1.24. The van der Waals surface area contributed by atoms with Gasteiger partial charge in [-0.25, -0.2) is 9.59 Å². The monoisotopic (exact) mass is 308 g/mol. The zero-order chi connectivity index (χ0) is 16.0. The van der Waals surface area contributed by atoms with Crippen molar-refractivity contribution in [3.8, 4) is 0 Å². The van der Waals surface area contributed by atoms with E-state index in [2.05, 4.69) is 10.6 Å². The zero-order valence-electron chi connectivity index (χ0n) is 10.7. The van der Waals surface area contributed by atoms with Gasteiger partial charge in [0.15, 0.2) is 0 Å². The minimum absolute atomic E-state index is 0.138. The van der Waals surface area contributed by atoms with Gasteiger partial charge in [0.25, 0.3) is 0 Å². The van der Waals surface area contributed by atoms with Gasteiger partial charge in [0.1, 0.15) is 6.04 Å². The Morgan fingerprint density at radius 3 is 2.20 bits per heavy atom. The predicted octanol–water partition coefficient (Wildman–Crippen LogP) is -0.617. The third-order valence-electron chi connectivity index (χ3n) is 1.84. The van der Waals surface area contributed by atoms with Crippen LogP contribution in [0.1, 0.15) is 12.8 Å². The number of thioether (sulfide) groups is 1. The SMILES string of the molecule is CSCCNC(=O)NC(CCC(=O)O)C(=O)O.O=C=O. The van der Waals surface area contributed by atoms with Crippen LogP contribution in [0.25, 0.3) is 0 Å². The molecule has 10 heteroatoms. The van der Waals surface area contributed by atoms with Crippen molar-refractivity contribution in [3.63, 3.8) is 0 Å². The summed E-state index contributed by atoms with van der Waals surface area (Å²) < 4.78 is 0. The predicted molar refractivity (Wildman–Crippen MR) is 68.2 cm³/mol. The molecular weight excluding hydrogens is 292 g/mol. The van der Waals surface area contributed by atoms with Crippen molar-refractivity contribution < 1.29 is 34.2 Å². The van der Waals surface area contributed by atoms with Gasteiger partial charge in [-0.15, -0.1) is 0 Å². The second-order valence-corrected chi connectivity index (χ2v) is 4.29. The Balaban J connectivity index is 0. The molecule has 0 spiro atoms. The van der Waals surface area contributed by atoms with Crippen molar-refractivity contribution in [1.82, 2.24) is 10.6 Å². The van der Waals surface area contributed by atoms with Crippen LogP contribution in [-0.2, 0) is 19.2 Å². The Morgan fingerprint density at radius 1 is 1.25 bits per heavy atom. The molecule has 20 heavy (non-hydrogen) atoms. The quantitative estimate of drug-likeness (QED) is 0.433. The summed E-state index contributed by atoms with van der Waals surface area (Å²) in [5, 5.41) is 21.9. The zero-order valence-corrected chi connectivity index (χ0v) is 11.6. The van der Waals surface area contributed by atoms with E-state index in [1.54, 1.807) is 11.8 Å². The van der Waals surface area contributed by atoms with Crippen LogP contribution in [0.2, 0.25) is 0 Å². The molecule has 9 nitrogen and oxygen atoms in total. The molecule has 0 heterocycles. The molecule has 0 aliphatic carbocycles. The highest BCUT2D eigenvalue weighted by Gasteiger charge is 2.20. The molecule has 0 aliphatic rings. The summed E-state index contributed by atoms with van der Waals surface area (Å²) in [6, 6.07) is -1.78. The molecule has 0 bridgehead atoms. The second kappa shape index (κ2) is 13.4. The van der Waals surface area contributed by atoms with E-state index in [1.165, 1.54) is 0 Å². The van der Waals surface area contributed by atoms with Crippen molar-refractivity contribution in [2.45, 2.75) is 18.9 Å². The first kappa shape index (κ1) is 20.3. The largest absolute Gasteiger partial charge is 0.481 e. The van der Waals surface area contributed by atoms with Gasteiger partial charge in [-0.05, 0) is 12.7 Å². The Hall–Kier alpha value is -2.06. The fourth-order valence-corrected chi connectivity index (χ4v) is 1.31. The summed E-state index contributed by atoms with van der Waals surface area (Å²) in [7, 11) is 0. The number of amides is 2. The highest BCUT2D eigenvalue weighted by Crippen LogP contribution is 1.98. The van der Waals surface area contributed by atoms with E-state index in [0.717, 1.165) is 5.75 Å². The lowest BCUT2D eigenvalue weighted by molar-refractivity contribution is -0.191. The lowest BCUT2D eigenvalue weighted by atomic mass is 10.1. The number of carbonyl (C=O) groups excluding carboxylic acids is 3. The molecule has 0 rings (SSSR count). The van der Waals surface area contributed by atoms with E-state index in [-0.39, 0.29) is 19.0 Å². The highest BCUT2D eigenvalue weighted by molar-refractivity contribution is 7.98.